The van der Waals surface area contributed by atoms with Crippen molar-refractivity contribution in [3.63, 3.8) is 0 Å². The molecule has 1 aromatic carbocycles. The molecule has 0 spiro atoms. The average molecular weight is 336 g/mol. The van der Waals surface area contributed by atoms with Gasteiger partial charge in [0.05, 0.1) is 5.56 Å². The normalized spacial score (nSPS) is 10.5. The molecule has 0 aliphatic heterocycles. The van der Waals surface area contributed by atoms with Crippen LogP contribution in [0.2, 0.25) is 0 Å². The molecule has 20 heavy (non-hydrogen) atoms. The monoisotopic (exact) mass is 335 g/mol. The third-order valence-corrected chi connectivity index (χ3v) is 3.52. The van der Waals surface area contributed by atoms with Gasteiger partial charge in [-0.05, 0) is 36.8 Å². The summed E-state index contributed by atoms with van der Waals surface area (Å²) in [5.74, 6) is -1.01. The van der Waals surface area contributed by atoms with Crippen LogP contribution in [0.4, 0.5) is 0 Å². The van der Waals surface area contributed by atoms with E-state index in [0.29, 0.717) is 17.8 Å². The van der Waals surface area contributed by atoms with Crippen molar-refractivity contribution >= 4 is 21.9 Å². The maximum absolute atomic E-state index is 12.1. The van der Waals surface area contributed by atoms with E-state index in [1.807, 2.05) is 19.1 Å². The molecule has 1 N–H and O–H groups in total. The van der Waals surface area contributed by atoms with Crippen molar-refractivity contribution in [2.75, 3.05) is 0 Å². The molecule has 4 nitrogen and oxygen atoms in total. The van der Waals surface area contributed by atoms with E-state index in [-0.39, 0.29) is 11.1 Å². The number of hydrogen-bond donors (Lipinski definition) is 1. The van der Waals surface area contributed by atoms with E-state index < -0.39 is 5.97 Å². The number of carbonyl (C=O) groups is 1. The molecule has 0 unspecified atom stereocenters. The van der Waals surface area contributed by atoms with Crippen LogP contribution in [0.5, 0.6) is 0 Å². The van der Waals surface area contributed by atoms with Crippen LogP contribution in [0.15, 0.2) is 45.7 Å². The first-order chi connectivity index (χ1) is 9.54. The fourth-order valence-corrected chi connectivity index (χ4v) is 2.39. The molecule has 2 rings (SSSR count). The fraction of sp³-hybridized carbons (Fsp3) is 0.200. The number of aromatic carboxylic acids is 1. The topological polar surface area (TPSA) is 59.3 Å². The fourth-order valence-electron chi connectivity index (χ4n) is 2.13. The van der Waals surface area contributed by atoms with Gasteiger partial charge in [-0.1, -0.05) is 29.3 Å². The molecule has 0 saturated heterocycles. The van der Waals surface area contributed by atoms with E-state index >= 15 is 0 Å². The highest BCUT2D eigenvalue weighted by atomic mass is 79.9. The summed E-state index contributed by atoms with van der Waals surface area (Å²) >= 11 is 3.34. The lowest BCUT2D eigenvalue weighted by Gasteiger charge is -2.14. The highest BCUT2D eigenvalue weighted by Crippen LogP contribution is 2.17. The zero-order valence-corrected chi connectivity index (χ0v) is 12.6. The number of aromatic nitrogens is 1. The van der Waals surface area contributed by atoms with Crippen molar-refractivity contribution in [3.05, 3.63) is 62.5 Å². The second-order valence-corrected chi connectivity index (χ2v) is 5.31. The third-order valence-electron chi connectivity index (χ3n) is 3.00. The number of nitrogens with zero attached hydrogens (tertiary/aromatic N) is 1. The predicted octanol–water partition coefficient (Wildman–Crippen LogP) is 3.25. The van der Waals surface area contributed by atoms with Crippen LogP contribution in [-0.4, -0.2) is 15.6 Å². The molecule has 0 fully saturated rings. The zero-order valence-electron chi connectivity index (χ0n) is 11.0. The number of benzene rings is 1. The van der Waals surface area contributed by atoms with Crippen molar-refractivity contribution < 1.29 is 9.90 Å². The molecule has 0 bridgehead atoms. The van der Waals surface area contributed by atoms with Crippen LogP contribution in [0.1, 0.15) is 29.4 Å². The Morgan fingerprint density at radius 2 is 1.85 bits per heavy atom. The Bertz CT molecular complexity index is 689. The smallest absolute Gasteiger partial charge is 0.337 e. The molecular formula is C15H14BrNO3. The molecule has 2 aromatic rings. The predicted molar refractivity (Wildman–Crippen MR) is 80.7 cm³/mol. The first-order valence-electron chi connectivity index (χ1n) is 6.28. The Hall–Kier alpha value is -1.88. The number of pyridine rings is 1. The number of hydrogen-bond acceptors (Lipinski definition) is 2. The van der Waals surface area contributed by atoms with Crippen molar-refractivity contribution in [2.45, 2.75) is 19.8 Å². The quantitative estimate of drug-likeness (QED) is 0.932. The van der Waals surface area contributed by atoms with Crippen molar-refractivity contribution in [1.82, 2.24) is 4.57 Å². The SMILES string of the molecule is CCCc1c(C(=O)O)ccc(=O)n1-c1ccc(Br)cc1. The molecule has 0 aliphatic rings. The van der Waals surface area contributed by atoms with Gasteiger partial charge < -0.3 is 5.11 Å². The maximum atomic E-state index is 12.1. The van der Waals surface area contributed by atoms with Crippen LogP contribution in [0, 0.1) is 0 Å². The molecule has 5 heteroatoms. The Balaban J connectivity index is 2.72. The van der Waals surface area contributed by atoms with E-state index in [4.69, 9.17) is 0 Å². The Kier molecular flexibility index (Phi) is 4.39. The zero-order chi connectivity index (χ0) is 14.7. The van der Waals surface area contributed by atoms with E-state index in [9.17, 15) is 14.7 Å². The second kappa shape index (κ2) is 6.05. The number of carboxylic acids is 1. The summed E-state index contributed by atoms with van der Waals surface area (Å²) in [6.07, 6.45) is 1.30. The van der Waals surface area contributed by atoms with Crippen LogP contribution >= 0.6 is 15.9 Å². The first-order valence-corrected chi connectivity index (χ1v) is 7.08. The third kappa shape index (κ3) is 2.82. The van der Waals surface area contributed by atoms with Gasteiger partial charge in [0.2, 0.25) is 0 Å². The van der Waals surface area contributed by atoms with Crippen LogP contribution < -0.4 is 5.56 Å². The Morgan fingerprint density at radius 3 is 2.40 bits per heavy atom. The van der Waals surface area contributed by atoms with Crippen molar-refractivity contribution in [2.24, 2.45) is 0 Å². The standard InChI is InChI=1S/C15H14BrNO3/c1-2-3-13-12(15(19)20)8-9-14(18)17(13)11-6-4-10(16)5-7-11/h4-9H,2-3H2,1H3,(H,19,20). The molecular weight excluding hydrogens is 322 g/mol. The van der Waals surface area contributed by atoms with Gasteiger partial charge in [0.25, 0.3) is 5.56 Å². The Morgan fingerprint density at radius 1 is 1.20 bits per heavy atom. The van der Waals surface area contributed by atoms with E-state index in [2.05, 4.69) is 15.9 Å². The number of carboxylic acid groups (broad SMARTS) is 1. The highest BCUT2D eigenvalue weighted by Gasteiger charge is 2.15. The summed E-state index contributed by atoms with van der Waals surface area (Å²) in [6, 6.07) is 9.90. The largest absolute Gasteiger partial charge is 0.478 e. The van der Waals surface area contributed by atoms with Crippen LogP contribution in [0.25, 0.3) is 5.69 Å². The molecule has 104 valence electrons. The van der Waals surface area contributed by atoms with E-state index in [0.717, 1.165) is 10.9 Å². The van der Waals surface area contributed by atoms with Gasteiger partial charge in [-0.15, -0.1) is 0 Å². The van der Waals surface area contributed by atoms with Crippen molar-refractivity contribution in [1.29, 1.82) is 0 Å². The lowest BCUT2D eigenvalue weighted by Crippen LogP contribution is -2.24. The van der Waals surface area contributed by atoms with Gasteiger partial charge in [0.1, 0.15) is 0 Å². The molecule has 0 amide bonds. The average Bonchev–Trinajstić information content (AvgIpc) is 2.40. The lowest BCUT2D eigenvalue weighted by atomic mass is 10.1. The van der Waals surface area contributed by atoms with E-state index in [1.165, 1.54) is 16.7 Å². The first kappa shape index (κ1) is 14.5. The Labute approximate surface area is 124 Å². The van der Waals surface area contributed by atoms with Gasteiger partial charge in [-0.3, -0.25) is 9.36 Å². The van der Waals surface area contributed by atoms with Gasteiger partial charge in [-0.2, -0.15) is 0 Å². The van der Waals surface area contributed by atoms with Crippen LogP contribution in [-0.2, 0) is 6.42 Å². The second-order valence-electron chi connectivity index (χ2n) is 4.40. The minimum absolute atomic E-state index is 0.175. The van der Waals surface area contributed by atoms with Gasteiger partial charge in [0.15, 0.2) is 0 Å². The lowest BCUT2D eigenvalue weighted by molar-refractivity contribution is 0.0694. The summed E-state index contributed by atoms with van der Waals surface area (Å²) in [5.41, 5.74) is 1.16. The van der Waals surface area contributed by atoms with Gasteiger partial charge in [-0.25, -0.2) is 4.79 Å². The van der Waals surface area contributed by atoms with Crippen molar-refractivity contribution in [3.8, 4) is 5.69 Å². The molecule has 0 aliphatic carbocycles. The number of halogens is 1. The van der Waals surface area contributed by atoms with Gasteiger partial charge in [0, 0.05) is 21.9 Å². The summed E-state index contributed by atoms with van der Waals surface area (Å²) in [7, 11) is 0. The summed E-state index contributed by atoms with van der Waals surface area (Å²) in [5, 5.41) is 9.28. The highest BCUT2D eigenvalue weighted by molar-refractivity contribution is 9.10. The summed E-state index contributed by atoms with van der Waals surface area (Å²) < 4.78 is 2.38. The van der Waals surface area contributed by atoms with Gasteiger partial charge >= 0.3 is 5.97 Å². The molecule has 1 heterocycles. The molecule has 0 saturated carbocycles. The molecule has 1 aromatic heterocycles. The molecule has 0 atom stereocenters. The minimum atomic E-state index is -1.01. The summed E-state index contributed by atoms with van der Waals surface area (Å²) in [4.78, 5) is 23.5. The number of rotatable bonds is 4. The van der Waals surface area contributed by atoms with Crippen LogP contribution in [0.3, 0.4) is 0 Å². The van der Waals surface area contributed by atoms with E-state index in [1.54, 1.807) is 12.1 Å². The summed E-state index contributed by atoms with van der Waals surface area (Å²) in [6.45, 7) is 1.95. The maximum Gasteiger partial charge on any atom is 0.337 e. The molecule has 0 radical (unpaired) electrons. The minimum Gasteiger partial charge on any atom is -0.478 e.